The van der Waals surface area contributed by atoms with Crippen LogP contribution in [0.3, 0.4) is 0 Å². The number of ketones is 1. The zero-order chi connectivity index (χ0) is 36.4. The molecule has 3 fully saturated rings. The number of nitrogens with zero attached hydrogens (tertiary/aromatic N) is 3. The van der Waals surface area contributed by atoms with Gasteiger partial charge in [-0.1, -0.05) is 30.3 Å². The van der Waals surface area contributed by atoms with Gasteiger partial charge in [-0.25, -0.2) is 9.18 Å². The van der Waals surface area contributed by atoms with Gasteiger partial charge in [-0.2, -0.15) is 0 Å². The highest BCUT2D eigenvalue weighted by Crippen LogP contribution is 2.47. The van der Waals surface area contributed by atoms with E-state index in [1.165, 1.54) is 25.4 Å². The summed E-state index contributed by atoms with van der Waals surface area (Å²) >= 11 is 1.39. The summed E-state index contributed by atoms with van der Waals surface area (Å²) in [7, 11) is 1.46. The number of anilines is 1. The molecule has 2 unspecified atom stereocenters. The molecular formula is C39H42FN3O7S. The van der Waals surface area contributed by atoms with Crippen molar-refractivity contribution in [1.29, 1.82) is 0 Å². The van der Waals surface area contributed by atoms with Crippen molar-refractivity contribution in [2.75, 3.05) is 38.4 Å². The minimum absolute atomic E-state index is 0.0000490. The number of aryl methyl sites for hydroxylation is 1. The third kappa shape index (κ3) is 5.91. The molecule has 268 valence electrons. The van der Waals surface area contributed by atoms with Gasteiger partial charge < -0.3 is 24.0 Å². The minimum atomic E-state index is -1.33. The van der Waals surface area contributed by atoms with Crippen LogP contribution >= 0.6 is 11.3 Å². The minimum Gasteiger partial charge on any atom is -0.492 e. The molecule has 2 aromatic heterocycles. The first-order chi connectivity index (χ1) is 24.3. The summed E-state index contributed by atoms with van der Waals surface area (Å²) in [6.45, 7) is 8.60. The quantitative estimate of drug-likeness (QED) is 0.146. The fourth-order valence-corrected chi connectivity index (χ4v) is 8.72. The Kier molecular flexibility index (Phi) is 9.03. The molecule has 2 aliphatic heterocycles. The largest absolute Gasteiger partial charge is 0.492 e. The molecular weight excluding hydrogens is 674 g/mol. The predicted molar refractivity (Wildman–Crippen MR) is 193 cm³/mol. The predicted octanol–water partition coefficient (Wildman–Crippen LogP) is 6.47. The van der Waals surface area contributed by atoms with Crippen molar-refractivity contribution in [3.05, 3.63) is 90.6 Å². The third-order valence-corrected chi connectivity index (χ3v) is 11.9. The molecule has 2 saturated heterocycles. The van der Waals surface area contributed by atoms with Gasteiger partial charge in [0.25, 0.3) is 0 Å². The number of benzene rings is 2. The summed E-state index contributed by atoms with van der Waals surface area (Å²) in [5, 5.41) is 11.8. The van der Waals surface area contributed by atoms with E-state index in [0.717, 1.165) is 37.8 Å². The Balaban J connectivity index is 1.13. The van der Waals surface area contributed by atoms with Gasteiger partial charge in [0, 0.05) is 48.5 Å². The molecule has 1 saturated carbocycles. The Bertz CT molecular complexity index is 2100. The van der Waals surface area contributed by atoms with Crippen molar-refractivity contribution in [3.63, 3.8) is 0 Å². The van der Waals surface area contributed by atoms with Crippen LogP contribution in [0.15, 0.2) is 46.6 Å². The molecule has 2 atom stereocenters. The average Bonchev–Trinajstić information content (AvgIpc) is 3.59. The second-order valence-electron chi connectivity index (χ2n) is 14.5. The number of carbonyl (C=O) groups excluding carboxylic acids is 2. The molecule has 1 N–H and O–H groups in total. The molecule has 4 heterocycles. The van der Waals surface area contributed by atoms with Crippen LogP contribution in [0.5, 0.6) is 5.75 Å². The van der Waals surface area contributed by atoms with Crippen molar-refractivity contribution in [2.24, 2.45) is 5.92 Å². The number of carbonyl (C=O) groups is 3. The van der Waals surface area contributed by atoms with Crippen LogP contribution in [0, 0.1) is 25.6 Å². The highest BCUT2D eigenvalue weighted by molar-refractivity contribution is 7.12. The normalized spacial score (nSPS) is 19.3. The van der Waals surface area contributed by atoms with Crippen LogP contribution in [-0.4, -0.2) is 71.8 Å². The fourth-order valence-electron chi connectivity index (χ4n) is 8.04. The Morgan fingerprint density at radius 2 is 1.78 bits per heavy atom. The number of fused-ring (bicyclic) bond motifs is 2. The van der Waals surface area contributed by atoms with Gasteiger partial charge >= 0.3 is 11.9 Å². The van der Waals surface area contributed by atoms with E-state index in [2.05, 4.69) is 4.90 Å². The zero-order valence-electron chi connectivity index (χ0n) is 29.5. The van der Waals surface area contributed by atoms with E-state index in [-0.39, 0.29) is 64.4 Å². The lowest BCUT2D eigenvalue weighted by molar-refractivity contribution is -0.156. The van der Waals surface area contributed by atoms with E-state index in [0.29, 0.717) is 34.7 Å². The van der Waals surface area contributed by atoms with Crippen LogP contribution in [0.2, 0.25) is 0 Å². The Labute approximate surface area is 299 Å². The number of esters is 1. The number of aromatic nitrogens is 1. The summed E-state index contributed by atoms with van der Waals surface area (Å²) in [5.74, 6) is -1.95. The summed E-state index contributed by atoms with van der Waals surface area (Å²) in [4.78, 5) is 56.9. The highest BCUT2D eigenvalue weighted by atomic mass is 32.1. The second-order valence-corrected chi connectivity index (χ2v) is 15.4. The van der Waals surface area contributed by atoms with Gasteiger partial charge in [0.1, 0.15) is 18.0 Å². The van der Waals surface area contributed by atoms with E-state index < -0.39 is 22.6 Å². The van der Waals surface area contributed by atoms with Gasteiger partial charge in [0.15, 0.2) is 11.6 Å². The van der Waals surface area contributed by atoms with Crippen molar-refractivity contribution in [1.82, 2.24) is 9.47 Å². The molecule has 12 heteroatoms. The molecule has 1 aliphatic carbocycles. The summed E-state index contributed by atoms with van der Waals surface area (Å²) < 4.78 is 30.3. The maximum absolute atomic E-state index is 16.5. The number of hydrogen-bond acceptors (Lipinski definition) is 9. The summed E-state index contributed by atoms with van der Waals surface area (Å²) in [6, 6.07) is 10.7. The van der Waals surface area contributed by atoms with Gasteiger partial charge in [-0.05, 0) is 76.3 Å². The number of carboxylic acid groups (broad SMARTS) is 1. The lowest BCUT2D eigenvalue weighted by Crippen LogP contribution is -2.47. The van der Waals surface area contributed by atoms with Gasteiger partial charge in [0.05, 0.1) is 28.3 Å². The van der Waals surface area contributed by atoms with Crippen LogP contribution in [-0.2, 0) is 14.9 Å². The van der Waals surface area contributed by atoms with Crippen LogP contribution in [0.4, 0.5) is 10.1 Å². The molecule has 4 aromatic rings. The second kappa shape index (κ2) is 13.2. The molecule has 0 bridgehead atoms. The number of thiophene rings is 1. The first-order valence-electron chi connectivity index (χ1n) is 17.4. The summed E-state index contributed by atoms with van der Waals surface area (Å²) in [6.07, 6.45) is 3.47. The molecule has 0 radical (unpaired) electrons. The molecule has 51 heavy (non-hydrogen) atoms. The number of likely N-dealkylation sites (tertiary alicyclic amines) is 1. The van der Waals surface area contributed by atoms with Crippen LogP contribution < -0.4 is 15.1 Å². The fraction of sp³-hybridized carbons (Fsp3) is 0.436. The van der Waals surface area contributed by atoms with E-state index in [4.69, 9.17) is 9.47 Å². The number of piperidine rings is 1. The molecule has 0 spiro atoms. The number of carboxylic acids is 1. The van der Waals surface area contributed by atoms with Crippen molar-refractivity contribution < 1.29 is 33.4 Å². The molecule has 3 aliphatic rings. The monoisotopic (exact) mass is 715 g/mol. The number of halogens is 1. The van der Waals surface area contributed by atoms with Crippen LogP contribution in [0.1, 0.15) is 88.0 Å². The number of rotatable bonds is 10. The molecule has 2 aromatic carbocycles. The topological polar surface area (TPSA) is 118 Å². The van der Waals surface area contributed by atoms with Crippen molar-refractivity contribution in [3.8, 4) is 5.75 Å². The molecule has 10 nitrogen and oxygen atoms in total. The first-order valence-corrected chi connectivity index (χ1v) is 18.3. The molecule has 0 amide bonds. The smallest absolute Gasteiger partial charge is 0.341 e. The van der Waals surface area contributed by atoms with Gasteiger partial charge in [-0.3, -0.25) is 19.3 Å². The average molecular weight is 716 g/mol. The number of methoxy groups -OCH3 is 1. The van der Waals surface area contributed by atoms with Crippen molar-refractivity contribution >= 4 is 45.6 Å². The van der Waals surface area contributed by atoms with E-state index in [9.17, 15) is 24.3 Å². The van der Waals surface area contributed by atoms with Crippen molar-refractivity contribution in [2.45, 2.75) is 70.9 Å². The van der Waals surface area contributed by atoms with Gasteiger partial charge in [0.2, 0.25) is 11.2 Å². The lowest BCUT2D eigenvalue weighted by Gasteiger charge is -2.36. The van der Waals surface area contributed by atoms with Gasteiger partial charge in [-0.15, -0.1) is 11.3 Å². The number of hydrogen-bond donors (Lipinski definition) is 1. The third-order valence-electron chi connectivity index (χ3n) is 11.0. The zero-order valence-corrected chi connectivity index (χ0v) is 30.3. The SMILES string of the molecule is COc1c(N2CC3CCCN(COC(=O)C(C)(C)c4ccc(C(=O)c5cccs5)cc4)C3C2)c(F)c(C)c2c(=O)c(C(=O)O)c(C)n(C3CC3)c12. The summed E-state index contributed by atoms with van der Waals surface area (Å²) in [5.41, 5.74) is 0.442. The highest BCUT2D eigenvalue weighted by Gasteiger charge is 2.43. The van der Waals surface area contributed by atoms with E-state index >= 15 is 4.39 Å². The maximum atomic E-state index is 16.5. The number of ether oxygens (including phenoxy) is 2. The number of pyridine rings is 1. The van der Waals surface area contributed by atoms with E-state index in [1.54, 1.807) is 51.1 Å². The standard InChI is InChI=1S/C39H42FN3O7S/c1-21-29-32(43(26-14-15-26)22(2)30(35(29)45)37(46)47)36(49-5)33(31(21)40)42-18-24-8-6-16-41(27(24)19-42)20-50-38(48)39(3,4)25-12-10-23(11-13-25)34(44)28-9-7-17-51-28/h7,9-13,17,24,26-27H,6,8,14-16,18-20H2,1-5H3,(H,46,47). The first kappa shape index (κ1) is 34.9. The number of aromatic carboxylic acids is 1. The maximum Gasteiger partial charge on any atom is 0.341 e. The van der Waals surface area contributed by atoms with Crippen LogP contribution in [0.25, 0.3) is 10.9 Å². The Morgan fingerprint density at radius 3 is 2.41 bits per heavy atom. The Morgan fingerprint density at radius 1 is 1.06 bits per heavy atom. The Hall–Kier alpha value is -4.55. The lowest BCUT2D eigenvalue weighted by atomic mass is 9.84. The molecule has 7 rings (SSSR count). The van der Waals surface area contributed by atoms with E-state index in [1.807, 2.05) is 20.9 Å².